The number of carbonyl (C=O) groups excluding carboxylic acids is 1. The fourth-order valence-electron chi connectivity index (χ4n) is 1.22. The highest BCUT2D eigenvalue weighted by molar-refractivity contribution is 5.80. The predicted molar refractivity (Wildman–Crippen MR) is 60.7 cm³/mol. The molecule has 0 saturated carbocycles. The molecular formula is C12H18N2O. The van der Waals surface area contributed by atoms with Gasteiger partial charge in [0.25, 0.3) is 0 Å². The van der Waals surface area contributed by atoms with Gasteiger partial charge in [0.1, 0.15) is 5.78 Å². The summed E-state index contributed by atoms with van der Waals surface area (Å²) in [7, 11) is 0. The lowest BCUT2D eigenvalue weighted by Crippen LogP contribution is -2.29. The maximum absolute atomic E-state index is 11.4. The van der Waals surface area contributed by atoms with Crippen LogP contribution in [-0.2, 0) is 11.2 Å². The molecular weight excluding hydrogens is 188 g/mol. The predicted octanol–water partition coefficient (Wildman–Crippen LogP) is 1.58. The average molecular weight is 206 g/mol. The van der Waals surface area contributed by atoms with Crippen LogP contribution >= 0.6 is 0 Å². The van der Waals surface area contributed by atoms with Crippen LogP contribution in [0.15, 0.2) is 24.4 Å². The first kappa shape index (κ1) is 11.9. The molecule has 0 saturated heterocycles. The number of nitrogens with one attached hydrogen (secondary N) is 1. The fraction of sp³-hybridized carbons (Fsp3) is 0.500. The SMILES string of the molecule is CC(C)NCC(=O)CCc1ccccn1. The average Bonchev–Trinajstić information content (AvgIpc) is 2.25. The lowest BCUT2D eigenvalue weighted by atomic mass is 10.1. The summed E-state index contributed by atoms with van der Waals surface area (Å²) < 4.78 is 0. The molecule has 82 valence electrons. The Morgan fingerprint density at radius 2 is 2.27 bits per heavy atom. The molecule has 1 rings (SSSR count). The number of pyridine rings is 1. The molecule has 0 unspecified atom stereocenters. The number of ketones is 1. The number of carbonyl (C=O) groups is 1. The van der Waals surface area contributed by atoms with E-state index in [1.807, 2.05) is 32.0 Å². The van der Waals surface area contributed by atoms with E-state index in [1.54, 1.807) is 6.20 Å². The highest BCUT2D eigenvalue weighted by atomic mass is 16.1. The maximum Gasteiger partial charge on any atom is 0.147 e. The first-order valence-electron chi connectivity index (χ1n) is 5.33. The van der Waals surface area contributed by atoms with Crippen molar-refractivity contribution in [2.24, 2.45) is 0 Å². The minimum absolute atomic E-state index is 0.245. The number of hydrogen-bond donors (Lipinski definition) is 1. The van der Waals surface area contributed by atoms with Gasteiger partial charge in [-0.15, -0.1) is 0 Å². The Kier molecular flexibility index (Phi) is 4.98. The molecule has 1 heterocycles. The molecule has 0 spiro atoms. The van der Waals surface area contributed by atoms with Gasteiger partial charge in [0, 0.05) is 24.4 Å². The van der Waals surface area contributed by atoms with Gasteiger partial charge in [-0.2, -0.15) is 0 Å². The van der Waals surface area contributed by atoms with Gasteiger partial charge in [-0.05, 0) is 18.6 Å². The van der Waals surface area contributed by atoms with Crippen LogP contribution in [0.5, 0.6) is 0 Å². The normalized spacial score (nSPS) is 10.6. The molecule has 1 N–H and O–H groups in total. The van der Waals surface area contributed by atoms with Crippen molar-refractivity contribution in [3.63, 3.8) is 0 Å². The number of aryl methyl sites for hydroxylation is 1. The quantitative estimate of drug-likeness (QED) is 0.768. The van der Waals surface area contributed by atoms with Gasteiger partial charge in [0.2, 0.25) is 0 Å². The number of rotatable bonds is 6. The second kappa shape index (κ2) is 6.30. The van der Waals surface area contributed by atoms with E-state index in [0.717, 1.165) is 12.1 Å². The summed E-state index contributed by atoms with van der Waals surface area (Å²) in [5.74, 6) is 0.245. The van der Waals surface area contributed by atoms with Crippen molar-refractivity contribution < 1.29 is 4.79 Å². The summed E-state index contributed by atoms with van der Waals surface area (Å²) >= 11 is 0. The van der Waals surface area contributed by atoms with E-state index in [0.29, 0.717) is 19.0 Å². The lowest BCUT2D eigenvalue weighted by Gasteiger charge is -2.06. The maximum atomic E-state index is 11.4. The third kappa shape index (κ3) is 5.27. The number of Topliss-reactive ketones (excluding diaryl/α,β-unsaturated/α-hetero) is 1. The van der Waals surface area contributed by atoms with Crippen molar-refractivity contribution in [2.75, 3.05) is 6.54 Å². The van der Waals surface area contributed by atoms with Crippen molar-refractivity contribution in [1.29, 1.82) is 0 Å². The Balaban J connectivity index is 2.23. The zero-order valence-electron chi connectivity index (χ0n) is 9.36. The second-order valence-electron chi connectivity index (χ2n) is 3.90. The van der Waals surface area contributed by atoms with Crippen molar-refractivity contribution in [1.82, 2.24) is 10.3 Å². The zero-order chi connectivity index (χ0) is 11.1. The first-order chi connectivity index (χ1) is 7.18. The first-order valence-corrected chi connectivity index (χ1v) is 5.33. The molecule has 15 heavy (non-hydrogen) atoms. The highest BCUT2D eigenvalue weighted by Gasteiger charge is 2.03. The van der Waals surface area contributed by atoms with Crippen LogP contribution in [0.2, 0.25) is 0 Å². The molecule has 0 fully saturated rings. The molecule has 0 atom stereocenters. The minimum atomic E-state index is 0.245. The Bertz CT molecular complexity index is 296. The number of nitrogens with zero attached hydrogens (tertiary/aromatic N) is 1. The van der Waals surface area contributed by atoms with Gasteiger partial charge in [0.15, 0.2) is 0 Å². The van der Waals surface area contributed by atoms with Crippen LogP contribution in [0.25, 0.3) is 0 Å². The summed E-state index contributed by atoms with van der Waals surface area (Å²) in [4.78, 5) is 15.6. The third-order valence-corrected chi connectivity index (χ3v) is 2.09. The summed E-state index contributed by atoms with van der Waals surface area (Å²) in [6.07, 6.45) is 3.06. The van der Waals surface area contributed by atoms with E-state index < -0.39 is 0 Å². The standard InChI is InChI=1S/C12H18N2O/c1-10(2)14-9-12(15)7-6-11-5-3-4-8-13-11/h3-5,8,10,14H,6-7,9H2,1-2H3. The highest BCUT2D eigenvalue weighted by Crippen LogP contribution is 1.98. The van der Waals surface area contributed by atoms with E-state index in [1.165, 1.54) is 0 Å². The largest absolute Gasteiger partial charge is 0.308 e. The van der Waals surface area contributed by atoms with Crippen molar-refractivity contribution >= 4 is 5.78 Å². The molecule has 0 amide bonds. The smallest absolute Gasteiger partial charge is 0.147 e. The van der Waals surface area contributed by atoms with Crippen LogP contribution < -0.4 is 5.32 Å². The molecule has 1 aromatic heterocycles. The van der Waals surface area contributed by atoms with E-state index in [-0.39, 0.29) is 5.78 Å². The molecule has 0 aliphatic rings. The third-order valence-electron chi connectivity index (χ3n) is 2.09. The van der Waals surface area contributed by atoms with Crippen molar-refractivity contribution in [3.8, 4) is 0 Å². The summed E-state index contributed by atoms with van der Waals surface area (Å²) in [6, 6.07) is 6.14. The van der Waals surface area contributed by atoms with Crippen LogP contribution in [0, 0.1) is 0 Å². The second-order valence-corrected chi connectivity index (χ2v) is 3.90. The minimum Gasteiger partial charge on any atom is -0.308 e. The van der Waals surface area contributed by atoms with Crippen LogP contribution in [0.4, 0.5) is 0 Å². The molecule has 0 aliphatic heterocycles. The van der Waals surface area contributed by atoms with Crippen molar-refractivity contribution in [2.45, 2.75) is 32.7 Å². The monoisotopic (exact) mass is 206 g/mol. The lowest BCUT2D eigenvalue weighted by molar-refractivity contribution is -0.118. The molecule has 0 radical (unpaired) electrons. The van der Waals surface area contributed by atoms with E-state index >= 15 is 0 Å². The van der Waals surface area contributed by atoms with Crippen LogP contribution in [0.3, 0.4) is 0 Å². The van der Waals surface area contributed by atoms with E-state index in [2.05, 4.69) is 10.3 Å². The van der Waals surface area contributed by atoms with Crippen LogP contribution in [0.1, 0.15) is 26.0 Å². The zero-order valence-corrected chi connectivity index (χ0v) is 9.36. The van der Waals surface area contributed by atoms with Gasteiger partial charge < -0.3 is 5.32 Å². The van der Waals surface area contributed by atoms with Gasteiger partial charge in [0.05, 0.1) is 6.54 Å². The van der Waals surface area contributed by atoms with Gasteiger partial charge in [-0.3, -0.25) is 9.78 Å². The molecule has 3 heteroatoms. The summed E-state index contributed by atoms with van der Waals surface area (Å²) in [5.41, 5.74) is 0.982. The molecule has 3 nitrogen and oxygen atoms in total. The Morgan fingerprint density at radius 1 is 1.47 bits per heavy atom. The van der Waals surface area contributed by atoms with E-state index in [9.17, 15) is 4.79 Å². The van der Waals surface area contributed by atoms with Gasteiger partial charge in [-0.1, -0.05) is 19.9 Å². The summed E-state index contributed by atoms with van der Waals surface area (Å²) in [5, 5.41) is 3.11. The number of hydrogen-bond acceptors (Lipinski definition) is 3. The van der Waals surface area contributed by atoms with Crippen molar-refractivity contribution in [3.05, 3.63) is 30.1 Å². The van der Waals surface area contributed by atoms with Gasteiger partial charge >= 0.3 is 0 Å². The van der Waals surface area contributed by atoms with Crippen LogP contribution in [-0.4, -0.2) is 23.4 Å². The Morgan fingerprint density at radius 3 is 2.87 bits per heavy atom. The molecule has 0 bridgehead atoms. The topological polar surface area (TPSA) is 42.0 Å². The fourth-order valence-corrected chi connectivity index (χ4v) is 1.22. The summed E-state index contributed by atoms with van der Waals surface area (Å²) in [6.45, 7) is 4.53. The van der Waals surface area contributed by atoms with E-state index in [4.69, 9.17) is 0 Å². The molecule has 0 aromatic carbocycles. The molecule has 1 aromatic rings. The number of aromatic nitrogens is 1. The Labute approximate surface area is 90.9 Å². The van der Waals surface area contributed by atoms with Gasteiger partial charge in [-0.25, -0.2) is 0 Å². The Hall–Kier alpha value is -1.22. The molecule has 0 aliphatic carbocycles.